The van der Waals surface area contributed by atoms with Gasteiger partial charge >= 0.3 is 0 Å². The van der Waals surface area contributed by atoms with Gasteiger partial charge in [-0.25, -0.2) is 0 Å². The molecule has 4 N–H and O–H groups in total. The minimum Gasteiger partial charge on any atom is -0.394 e. The largest absolute Gasteiger partial charge is 0.394 e. The van der Waals surface area contributed by atoms with Crippen LogP contribution in [-0.2, 0) is 4.79 Å². The zero-order chi connectivity index (χ0) is 41.5. The van der Waals surface area contributed by atoms with E-state index in [4.69, 9.17) is 0 Å². The van der Waals surface area contributed by atoms with Crippen LogP contribution in [0.5, 0.6) is 0 Å². The fourth-order valence-corrected chi connectivity index (χ4v) is 8.34. The zero-order valence-corrected chi connectivity index (χ0v) is 38.7. The minimum atomic E-state index is -0.746. The van der Waals surface area contributed by atoms with Crippen molar-refractivity contribution in [2.24, 2.45) is 0 Å². The van der Waals surface area contributed by atoms with E-state index in [1.54, 1.807) is 0 Å². The molecule has 0 rings (SSSR count). The van der Waals surface area contributed by atoms with Crippen molar-refractivity contribution in [1.82, 2.24) is 5.32 Å². The highest BCUT2D eigenvalue weighted by Crippen LogP contribution is 2.17. The van der Waals surface area contributed by atoms with Crippen LogP contribution in [0.1, 0.15) is 290 Å². The molecule has 0 aromatic heterocycles. The molecule has 0 spiro atoms. The van der Waals surface area contributed by atoms with E-state index in [1.165, 1.54) is 231 Å². The quantitative estimate of drug-likeness (QED) is 0.0364. The summed E-state index contributed by atoms with van der Waals surface area (Å²) in [4.78, 5) is 12.5. The molecule has 0 fully saturated rings. The monoisotopic (exact) mass is 806 g/mol. The van der Waals surface area contributed by atoms with Gasteiger partial charge in [0.25, 0.3) is 0 Å². The molecule has 0 saturated carbocycles. The Hall–Kier alpha value is -0.910. The van der Waals surface area contributed by atoms with Gasteiger partial charge in [-0.05, 0) is 38.5 Å². The predicted octanol–water partition coefficient (Wildman–Crippen LogP) is 15.6. The molecule has 3 atom stereocenters. The van der Waals surface area contributed by atoms with E-state index in [2.05, 4.69) is 31.3 Å². The number of unbranched alkanes of at least 4 members (excludes halogenated alkanes) is 37. The average molecular weight is 806 g/mol. The fourth-order valence-electron chi connectivity index (χ4n) is 8.34. The van der Waals surface area contributed by atoms with Gasteiger partial charge in [0, 0.05) is 0 Å². The molecular weight excluding hydrogens is 703 g/mol. The third kappa shape index (κ3) is 44.5. The highest BCUT2D eigenvalue weighted by molar-refractivity contribution is 5.76. The maximum atomic E-state index is 12.5. The lowest BCUT2D eigenvalue weighted by Gasteiger charge is -2.23. The van der Waals surface area contributed by atoms with Crippen LogP contribution in [0.2, 0.25) is 0 Å². The zero-order valence-electron chi connectivity index (χ0n) is 38.7. The summed E-state index contributed by atoms with van der Waals surface area (Å²) in [5.41, 5.74) is 0. The number of carbonyl (C=O) groups excluding carboxylic acids is 1. The van der Waals surface area contributed by atoms with E-state index >= 15 is 0 Å². The molecule has 0 aromatic rings. The summed E-state index contributed by atoms with van der Waals surface area (Å²) in [5.74, 6) is -0.279. The maximum Gasteiger partial charge on any atom is 0.222 e. The first kappa shape index (κ1) is 56.1. The Labute approximate surface area is 357 Å². The van der Waals surface area contributed by atoms with Gasteiger partial charge in [0.15, 0.2) is 0 Å². The maximum absolute atomic E-state index is 12.5. The number of aliphatic hydroxyl groups is 3. The summed E-state index contributed by atoms with van der Waals surface area (Å²) < 4.78 is 0. The second-order valence-electron chi connectivity index (χ2n) is 18.1. The van der Waals surface area contributed by atoms with Gasteiger partial charge in [-0.2, -0.15) is 0 Å². The molecule has 0 heterocycles. The molecule has 5 nitrogen and oxygen atoms in total. The van der Waals surface area contributed by atoms with Crippen molar-refractivity contribution in [3.05, 3.63) is 12.2 Å². The molecule has 57 heavy (non-hydrogen) atoms. The Balaban J connectivity index is 3.51. The van der Waals surface area contributed by atoms with Crippen molar-refractivity contribution in [2.45, 2.75) is 308 Å². The Morgan fingerprint density at radius 3 is 1.02 bits per heavy atom. The molecule has 0 aliphatic heterocycles. The van der Waals surface area contributed by atoms with Crippen LogP contribution < -0.4 is 5.32 Å². The standard InChI is InChI=1S/C52H103NO4/c1-3-5-7-9-11-13-15-17-19-20-21-22-23-24-25-26-27-28-29-30-32-33-35-37-39-41-43-45-49(55)47-52(57)53-50(48-54)51(56)46-44-42-40-38-36-34-31-18-16-14-12-10-8-6-4-2/h24-25,49-51,54-56H,3-23,26-48H2,1-2H3,(H,53,57)/b25-24-. The highest BCUT2D eigenvalue weighted by atomic mass is 16.3. The Kier molecular flexibility index (Phi) is 47.0. The minimum absolute atomic E-state index is 0.0396. The van der Waals surface area contributed by atoms with E-state index in [-0.39, 0.29) is 18.9 Å². The average Bonchev–Trinajstić information content (AvgIpc) is 3.20. The molecule has 0 aliphatic carbocycles. The smallest absolute Gasteiger partial charge is 0.222 e. The van der Waals surface area contributed by atoms with E-state index < -0.39 is 18.2 Å². The van der Waals surface area contributed by atoms with Crippen molar-refractivity contribution in [3.8, 4) is 0 Å². The van der Waals surface area contributed by atoms with Crippen molar-refractivity contribution in [3.63, 3.8) is 0 Å². The Morgan fingerprint density at radius 2 is 0.702 bits per heavy atom. The molecule has 5 heteroatoms. The molecule has 0 radical (unpaired) electrons. The molecule has 340 valence electrons. The Bertz CT molecular complexity index is 803. The summed E-state index contributed by atoms with van der Waals surface area (Å²) in [6.45, 7) is 4.29. The van der Waals surface area contributed by atoms with Gasteiger partial charge in [0.05, 0.1) is 31.3 Å². The number of hydrogen-bond donors (Lipinski definition) is 4. The van der Waals surface area contributed by atoms with Crippen molar-refractivity contribution in [2.75, 3.05) is 6.61 Å². The van der Waals surface area contributed by atoms with Gasteiger partial charge < -0.3 is 20.6 Å². The predicted molar refractivity (Wildman–Crippen MR) is 250 cm³/mol. The summed E-state index contributed by atoms with van der Waals surface area (Å²) in [7, 11) is 0. The van der Waals surface area contributed by atoms with Crippen LogP contribution in [0.3, 0.4) is 0 Å². The van der Waals surface area contributed by atoms with Gasteiger partial charge in [-0.1, -0.05) is 257 Å². The number of aliphatic hydroxyl groups excluding tert-OH is 3. The summed E-state index contributed by atoms with van der Waals surface area (Å²) in [6, 6.07) is -0.655. The lowest BCUT2D eigenvalue weighted by Crippen LogP contribution is -2.46. The number of allylic oxidation sites excluding steroid dienone is 2. The van der Waals surface area contributed by atoms with Crippen LogP contribution in [0.25, 0.3) is 0 Å². The third-order valence-corrected chi connectivity index (χ3v) is 12.3. The van der Waals surface area contributed by atoms with Crippen molar-refractivity contribution >= 4 is 5.91 Å². The first-order valence-corrected chi connectivity index (χ1v) is 26.0. The van der Waals surface area contributed by atoms with E-state index in [9.17, 15) is 20.1 Å². The second kappa shape index (κ2) is 47.8. The first-order chi connectivity index (χ1) is 28.0. The number of hydrogen-bond acceptors (Lipinski definition) is 4. The number of amides is 1. The van der Waals surface area contributed by atoms with E-state index in [0.717, 1.165) is 25.7 Å². The third-order valence-electron chi connectivity index (χ3n) is 12.3. The lowest BCUT2D eigenvalue weighted by molar-refractivity contribution is -0.125. The number of nitrogens with one attached hydrogen (secondary N) is 1. The van der Waals surface area contributed by atoms with Gasteiger partial charge in [-0.3, -0.25) is 4.79 Å². The molecular formula is C52H103NO4. The van der Waals surface area contributed by atoms with Crippen molar-refractivity contribution < 1.29 is 20.1 Å². The summed E-state index contributed by atoms with van der Waals surface area (Å²) in [6.07, 6.45) is 57.8. The Morgan fingerprint density at radius 1 is 0.421 bits per heavy atom. The highest BCUT2D eigenvalue weighted by Gasteiger charge is 2.21. The molecule has 0 saturated heterocycles. The van der Waals surface area contributed by atoms with Crippen LogP contribution in [0.15, 0.2) is 12.2 Å². The van der Waals surface area contributed by atoms with E-state index in [1.807, 2.05) is 0 Å². The topological polar surface area (TPSA) is 89.8 Å². The summed E-state index contributed by atoms with van der Waals surface area (Å²) >= 11 is 0. The summed E-state index contributed by atoms with van der Waals surface area (Å²) in [5, 5.41) is 33.5. The molecule has 0 aliphatic rings. The van der Waals surface area contributed by atoms with Gasteiger partial charge in [-0.15, -0.1) is 0 Å². The molecule has 0 bridgehead atoms. The van der Waals surface area contributed by atoms with E-state index in [0.29, 0.717) is 12.8 Å². The van der Waals surface area contributed by atoms with Crippen LogP contribution in [0, 0.1) is 0 Å². The van der Waals surface area contributed by atoms with Crippen LogP contribution >= 0.6 is 0 Å². The fraction of sp³-hybridized carbons (Fsp3) is 0.942. The molecule has 0 aromatic carbocycles. The lowest BCUT2D eigenvalue weighted by atomic mass is 10.0. The molecule has 3 unspecified atom stereocenters. The van der Waals surface area contributed by atoms with Crippen LogP contribution in [0.4, 0.5) is 0 Å². The van der Waals surface area contributed by atoms with Crippen molar-refractivity contribution in [1.29, 1.82) is 0 Å². The number of rotatable bonds is 48. The van der Waals surface area contributed by atoms with Gasteiger partial charge in [0.1, 0.15) is 0 Å². The normalized spacial score (nSPS) is 13.4. The number of carbonyl (C=O) groups is 1. The first-order valence-electron chi connectivity index (χ1n) is 26.0. The molecule has 1 amide bonds. The SMILES string of the molecule is CCCCCCCCCCCCCC/C=C\CCCCCCCCCCCCCC(O)CC(=O)NC(CO)C(O)CCCCCCCCCCCCCCCCC. The second-order valence-corrected chi connectivity index (χ2v) is 18.1. The van der Waals surface area contributed by atoms with Gasteiger partial charge in [0.2, 0.25) is 5.91 Å². The van der Waals surface area contributed by atoms with Crippen LogP contribution in [-0.4, -0.2) is 46.1 Å².